The van der Waals surface area contributed by atoms with Crippen molar-refractivity contribution in [2.75, 3.05) is 11.9 Å². The molecule has 1 heterocycles. The van der Waals surface area contributed by atoms with Crippen LogP contribution in [0.1, 0.15) is 32.4 Å². The number of aryl methyl sites for hydroxylation is 1. The third kappa shape index (κ3) is 4.80. The molecule has 0 saturated heterocycles. The van der Waals surface area contributed by atoms with Crippen LogP contribution in [0.4, 0.5) is 10.5 Å². The highest BCUT2D eigenvalue weighted by Crippen LogP contribution is 2.16. The first kappa shape index (κ1) is 15.9. The lowest BCUT2D eigenvalue weighted by molar-refractivity contribution is 0.0354. The molecule has 106 valence electrons. The number of aliphatic hydroxyl groups is 1. The quantitative estimate of drug-likeness (QED) is 0.727. The summed E-state index contributed by atoms with van der Waals surface area (Å²) in [5, 5.41) is 15.5. The molecule has 0 saturated carbocycles. The van der Waals surface area contributed by atoms with Crippen LogP contribution in [0.25, 0.3) is 0 Å². The summed E-state index contributed by atoms with van der Waals surface area (Å²) in [4.78, 5) is 15.9. The van der Waals surface area contributed by atoms with E-state index in [2.05, 4.69) is 31.5 Å². The summed E-state index contributed by atoms with van der Waals surface area (Å²) in [6.45, 7) is 5.83. The number of rotatable bonds is 5. The molecule has 0 bridgehead atoms. The zero-order valence-electron chi connectivity index (χ0n) is 11.5. The Hall–Kier alpha value is -1.14. The Kier molecular flexibility index (Phi) is 5.75. The van der Waals surface area contributed by atoms with Crippen molar-refractivity contribution in [3.63, 3.8) is 0 Å². The average molecular weight is 330 g/mol. The second-order valence-corrected chi connectivity index (χ2v) is 5.32. The van der Waals surface area contributed by atoms with Gasteiger partial charge in [0.15, 0.2) is 0 Å². The van der Waals surface area contributed by atoms with Gasteiger partial charge in [-0.2, -0.15) is 0 Å². The molecule has 6 heteroatoms. The fraction of sp³-hybridized carbons (Fsp3) is 0.538. The van der Waals surface area contributed by atoms with Gasteiger partial charge in [-0.1, -0.05) is 13.8 Å². The van der Waals surface area contributed by atoms with E-state index in [1.807, 2.05) is 20.8 Å². The fourth-order valence-electron chi connectivity index (χ4n) is 1.57. The van der Waals surface area contributed by atoms with E-state index in [0.717, 1.165) is 10.3 Å². The summed E-state index contributed by atoms with van der Waals surface area (Å²) in [7, 11) is 0. The number of carbonyl (C=O) groups is 1. The number of anilines is 1. The van der Waals surface area contributed by atoms with Crippen LogP contribution in [0.15, 0.2) is 16.7 Å². The van der Waals surface area contributed by atoms with Gasteiger partial charge in [-0.3, -0.25) is 0 Å². The first-order chi connectivity index (χ1) is 8.90. The van der Waals surface area contributed by atoms with Gasteiger partial charge in [0.25, 0.3) is 0 Å². The Bertz CT molecular complexity index is 448. The van der Waals surface area contributed by atoms with Crippen LogP contribution in [0.5, 0.6) is 0 Å². The van der Waals surface area contributed by atoms with Crippen molar-refractivity contribution in [3.8, 4) is 0 Å². The molecule has 0 aliphatic heterocycles. The zero-order chi connectivity index (χ0) is 14.5. The van der Waals surface area contributed by atoms with Crippen molar-refractivity contribution in [2.45, 2.75) is 39.2 Å². The van der Waals surface area contributed by atoms with Crippen LogP contribution in [-0.4, -0.2) is 28.3 Å². The molecule has 0 atom stereocenters. The van der Waals surface area contributed by atoms with E-state index in [1.165, 1.54) is 0 Å². The maximum atomic E-state index is 11.8. The SMILES string of the molecule is CCC(O)(CC)CNC(=O)Nc1ccc(Br)nc1C. The molecular formula is C13H20BrN3O2. The Morgan fingerprint density at radius 3 is 2.58 bits per heavy atom. The average Bonchev–Trinajstić information content (AvgIpc) is 2.39. The predicted molar refractivity (Wildman–Crippen MR) is 79.2 cm³/mol. The van der Waals surface area contributed by atoms with Crippen molar-refractivity contribution >= 4 is 27.6 Å². The molecule has 0 aromatic carbocycles. The maximum absolute atomic E-state index is 11.8. The standard InChI is InChI=1S/C13H20BrN3O2/c1-4-13(19,5-2)8-15-12(18)17-10-6-7-11(14)16-9(10)3/h6-7,19H,4-5,8H2,1-3H3,(H2,15,17,18). The molecule has 0 radical (unpaired) electrons. The number of urea groups is 1. The number of nitrogens with one attached hydrogen (secondary N) is 2. The number of hydrogen-bond acceptors (Lipinski definition) is 3. The largest absolute Gasteiger partial charge is 0.388 e. The minimum Gasteiger partial charge on any atom is -0.388 e. The summed E-state index contributed by atoms with van der Waals surface area (Å²) in [5.41, 5.74) is 0.535. The van der Waals surface area contributed by atoms with E-state index in [9.17, 15) is 9.90 Å². The van der Waals surface area contributed by atoms with Crippen molar-refractivity contribution in [3.05, 3.63) is 22.4 Å². The number of aromatic nitrogens is 1. The van der Waals surface area contributed by atoms with E-state index in [1.54, 1.807) is 12.1 Å². The lowest BCUT2D eigenvalue weighted by atomic mass is 9.98. The lowest BCUT2D eigenvalue weighted by Crippen LogP contribution is -2.43. The molecular weight excluding hydrogens is 310 g/mol. The normalized spacial score (nSPS) is 11.2. The van der Waals surface area contributed by atoms with Crippen LogP contribution in [-0.2, 0) is 0 Å². The van der Waals surface area contributed by atoms with Crippen molar-refractivity contribution in [1.29, 1.82) is 0 Å². The van der Waals surface area contributed by atoms with Gasteiger partial charge >= 0.3 is 6.03 Å². The fourth-order valence-corrected chi connectivity index (χ4v) is 1.97. The molecule has 0 aliphatic carbocycles. The summed E-state index contributed by atoms with van der Waals surface area (Å²) in [6, 6.07) is 3.20. The Balaban J connectivity index is 2.56. The topological polar surface area (TPSA) is 74.2 Å². The smallest absolute Gasteiger partial charge is 0.319 e. The molecule has 0 unspecified atom stereocenters. The minimum atomic E-state index is -0.843. The molecule has 2 amide bonds. The van der Waals surface area contributed by atoms with Gasteiger partial charge in [0, 0.05) is 6.54 Å². The first-order valence-corrected chi connectivity index (χ1v) is 7.10. The Morgan fingerprint density at radius 1 is 1.42 bits per heavy atom. The molecule has 1 aromatic heterocycles. The second-order valence-electron chi connectivity index (χ2n) is 4.51. The number of pyridine rings is 1. The van der Waals surface area contributed by atoms with Crippen LogP contribution < -0.4 is 10.6 Å². The van der Waals surface area contributed by atoms with Gasteiger partial charge in [0.05, 0.1) is 17.0 Å². The molecule has 19 heavy (non-hydrogen) atoms. The van der Waals surface area contributed by atoms with Crippen LogP contribution in [0, 0.1) is 6.92 Å². The van der Waals surface area contributed by atoms with Crippen molar-refractivity contribution < 1.29 is 9.90 Å². The predicted octanol–water partition coefficient (Wildman–Crippen LogP) is 2.83. The summed E-state index contributed by atoms with van der Waals surface area (Å²) in [6.07, 6.45) is 1.20. The van der Waals surface area contributed by atoms with Gasteiger partial charge in [-0.15, -0.1) is 0 Å². The number of nitrogens with zero attached hydrogens (tertiary/aromatic N) is 1. The molecule has 5 nitrogen and oxygen atoms in total. The van der Waals surface area contributed by atoms with E-state index in [-0.39, 0.29) is 12.6 Å². The van der Waals surface area contributed by atoms with E-state index < -0.39 is 5.60 Å². The van der Waals surface area contributed by atoms with Gasteiger partial charge in [-0.05, 0) is 47.8 Å². The number of hydrogen-bond donors (Lipinski definition) is 3. The lowest BCUT2D eigenvalue weighted by Gasteiger charge is -2.25. The third-order valence-electron chi connectivity index (χ3n) is 3.19. The highest BCUT2D eigenvalue weighted by molar-refractivity contribution is 9.10. The molecule has 0 aliphatic rings. The number of halogens is 1. The van der Waals surface area contributed by atoms with Gasteiger partial charge < -0.3 is 15.7 Å². The van der Waals surface area contributed by atoms with Gasteiger partial charge in [0.2, 0.25) is 0 Å². The van der Waals surface area contributed by atoms with Gasteiger partial charge in [-0.25, -0.2) is 9.78 Å². The molecule has 3 N–H and O–H groups in total. The highest BCUT2D eigenvalue weighted by Gasteiger charge is 2.22. The molecule has 1 aromatic rings. The molecule has 1 rings (SSSR count). The van der Waals surface area contributed by atoms with Crippen molar-refractivity contribution in [1.82, 2.24) is 10.3 Å². The minimum absolute atomic E-state index is 0.231. The monoisotopic (exact) mass is 329 g/mol. The Labute approximate surface area is 121 Å². The first-order valence-electron chi connectivity index (χ1n) is 6.30. The van der Waals surface area contributed by atoms with E-state index in [4.69, 9.17) is 0 Å². The van der Waals surface area contributed by atoms with Crippen LogP contribution in [0.3, 0.4) is 0 Å². The molecule has 0 spiro atoms. The zero-order valence-corrected chi connectivity index (χ0v) is 13.0. The highest BCUT2D eigenvalue weighted by atomic mass is 79.9. The van der Waals surface area contributed by atoms with Crippen LogP contribution in [0.2, 0.25) is 0 Å². The number of amides is 2. The van der Waals surface area contributed by atoms with Gasteiger partial charge in [0.1, 0.15) is 4.60 Å². The molecule has 0 fully saturated rings. The van der Waals surface area contributed by atoms with Crippen LogP contribution >= 0.6 is 15.9 Å². The maximum Gasteiger partial charge on any atom is 0.319 e. The van der Waals surface area contributed by atoms with E-state index in [0.29, 0.717) is 18.5 Å². The Morgan fingerprint density at radius 2 is 2.05 bits per heavy atom. The second kappa shape index (κ2) is 6.86. The van der Waals surface area contributed by atoms with Crippen molar-refractivity contribution in [2.24, 2.45) is 0 Å². The van der Waals surface area contributed by atoms with E-state index >= 15 is 0 Å². The third-order valence-corrected chi connectivity index (χ3v) is 3.64. The summed E-state index contributed by atoms with van der Waals surface area (Å²) < 4.78 is 0.724. The summed E-state index contributed by atoms with van der Waals surface area (Å²) >= 11 is 3.27. The number of carbonyl (C=O) groups excluding carboxylic acids is 1. The summed E-state index contributed by atoms with van der Waals surface area (Å²) in [5.74, 6) is 0.